The first-order chi connectivity index (χ1) is 19.3. The fourth-order valence-corrected chi connectivity index (χ4v) is 7.46. The van der Waals surface area contributed by atoms with Gasteiger partial charge < -0.3 is 31.5 Å². The van der Waals surface area contributed by atoms with Crippen LogP contribution >= 0.6 is 11.6 Å². The highest BCUT2D eigenvalue weighted by molar-refractivity contribution is 6.31. The number of rotatable bonds is 5. The molecule has 2 amide bonds. The Morgan fingerprint density at radius 3 is 2.44 bits per heavy atom. The maximum Gasteiger partial charge on any atom is 0.255 e. The third kappa shape index (κ3) is 4.62. The zero-order valence-electron chi connectivity index (χ0n) is 22.9. The first-order valence-electron chi connectivity index (χ1n) is 13.7. The minimum absolute atomic E-state index is 0.0132. The molecule has 1 heterocycles. The lowest BCUT2D eigenvalue weighted by Crippen LogP contribution is -2.65. The number of nitrogens with one attached hydrogen (secondary N) is 1. The van der Waals surface area contributed by atoms with E-state index in [9.17, 15) is 39.6 Å². The summed E-state index contributed by atoms with van der Waals surface area (Å²) in [6.07, 6.45) is 3.26. The molecule has 0 spiro atoms. The van der Waals surface area contributed by atoms with E-state index in [4.69, 9.17) is 17.3 Å². The number of piperidine rings is 1. The number of ketones is 2. The van der Waals surface area contributed by atoms with Gasteiger partial charge in [-0.25, -0.2) is 0 Å². The molecule has 0 aromatic rings. The summed E-state index contributed by atoms with van der Waals surface area (Å²) in [5, 5.41) is 48.2. The molecule has 0 aromatic carbocycles. The summed E-state index contributed by atoms with van der Waals surface area (Å²) >= 11 is 6.52. The van der Waals surface area contributed by atoms with Crippen LogP contribution in [0.2, 0.25) is 0 Å². The molecule has 1 saturated carbocycles. The summed E-state index contributed by atoms with van der Waals surface area (Å²) in [4.78, 5) is 55.5. The minimum Gasteiger partial charge on any atom is -0.508 e. The quantitative estimate of drug-likeness (QED) is 0.232. The van der Waals surface area contributed by atoms with Crippen molar-refractivity contribution in [3.05, 3.63) is 44.9 Å². The highest BCUT2D eigenvalue weighted by atomic mass is 35.5. The molecular formula is C28H35ClN4O8. The molecular weight excluding hydrogens is 556 g/mol. The van der Waals surface area contributed by atoms with Gasteiger partial charge in [-0.2, -0.15) is 0 Å². The molecule has 5 rings (SSSR count). The third-order valence-corrected chi connectivity index (χ3v) is 9.39. The van der Waals surface area contributed by atoms with E-state index in [2.05, 4.69) is 5.32 Å². The fourth-order valence-electron chi connectivity index (χ4n) is 7.15. The van der Waals surface area contributed by atoms with Crippen LogP contribution in [0.25, 0.3) is 0 Å². The van der Waals surface area contributed by atoms with Gasteiger partial charge in [0.25, 0.3) is 5.91 Å². The van der Waals surface area contributed by atoms with Crippen LogP contribution < -0.4 is 11.1 Å². The highest BCUT2D eigenvalue weighted by Crippen LogP contribution is 2.53. The van der Waals surface area contributed by atoms with Crippen molar-refractivity contribution in [3.63, 3.8) is 0 Å². The van der Waals surface area contributed by atoms with E-state index in [0.29, 0.717) is 5.57 Å². The van der Waals surface area contributed by atoms with Crippen LogP contribution in [0.15, 0.2) is 44.9 Å². The maximum atomic E-state index is 13.9. The number of fused-ring (bicyclic) bond motifs is 2. The molecule has 6 atom stereocenters. The van der Waals surface area contributed by atoms with Crippen molar-refractivity contribution in [1.82, 2.24) is 15.1 Å². The molecule has 0 bridgehead atoms. The first kappa shape index (κ1) is 29.5. The van der Waals surface area contributed by atoms with Crippen LogP contribution in [0, 0.1) is 11.8 Å². The van der Waals surface area contributed by atoms with Gasteiger partial charge in [0.2, 0.25) is 11.7 Å². The van der Waals surface area contributed by atoms with Crippen molar-refractivity contribution in [3.8, 4) is 0 Å². The van der Waals surface area contributed by atoms with E-state index in [0.717, 1.165) is 32.4 Å². The number of aliphatic hydroxyl groups excluding tert-OH is 3. The topological polar surface area (TPSA) is 194 Å². The van der Waals surface area contributed by atoms with Crippen molar-refractivity contribution < 1.29 is 39.6 Å². The summed E-state index contributed by atoms with van der Waals surface area (Å²) in [5.74, 6) is -7.12. The zero-order chi connectivity index (χ0) is 30.0. The number of likely N-dealkylation sites (tertiary alicyclic amines) is 1. The molecule has 222 valence electrons. The fraction of sp³-hybridized carbons (Fsp3) is 0.571. The number of carbonyl (C=O) groups excluding carboxylic acids is 4. The van der Waals surface area contributed by atoms with Gasteiger partial charge in [0.05, 0.1) is 18.6 Å². The monoisotopic (exact) mass is 590 g/mol. The number of hydrogen-bond acceptors (Lipinski definition) is 10. The summed E-state index contributed by atoms with van der Waals surface area (Å²) in [5.41, 5.74) is 1.97. The number of allylic oxidation sites excluding steroid dienone is 2. The van der Waals surface area contributed by atoms with Crippen LogP contribution in [0.1, 0.15) is 32.1 Å². The molecule has 41 heavy (non-hydrogen) atoms. The molecule has 4 unspecified atom stereocenters. The Kier molecular flexibility index (Phi) is 7.66. The number of aliphatic hydroxyl groups is 4. The second-order valence-electron chi connectivity index (χ2n) is 11.8. The van der Waals surface area contributed by atoms with Crippen LogP contribution in [0.3, 0.4) is 0 Å². The van der Waals surface area contributed by atoms with E-state index in [1.54, 1.807) is 20.2 Å². The summed E-state index contributed by atoms with van der Waals surface area (Å²) in [6.45, 7) is 1.71. The Bertz CT molecular complexity index is 1340. The van der Waals surface area contributed by atoms with Gasteiger partial charge in [-0.1, -0.05) is 18.0 Å². The van der Waals surface area contributed by atoms with Crippen molar-refractivity contribution in [2.75, 3.05) is 33.7 Å². The average Bonchev–Trinajstić information content (AvgIpc) is 2.88. The van der Waals surface area contributed by atoms with Crippen molar-refractivity contribution >= 4 is 35.0 Å². The Balaban J connectivity index is 1.50. The molecule has 2 fully saturated rings. The number of likely N-dealkylation sites (N-methyl/N-ethyl adjacent to an activating group) is 1. The van der Waals surface area contributed by atoms with E-state index < -0.39 is 70.2 Å². The normalized spacial score (nSPS) is 34.3. The summed E-state index contributed by atoms with van der Waals surface area (Å²) in [6, 6.07) is -2.24. The van der Waals surface area contributed by atoms with E-state index in [1.807, 2.05) is 4.90 Å². The van der Waals surface area contributed by atoms with Gasteiger partial charge in [-0.3, -0.25) is 29.0 Å². The molecule has 0 radical (unpaired) electrons. The maximum absolute atomic E-state index is 13.9. The standard InChI is InChI=1S/C28H35ClN4O8/c1-32(2)21-14-9-12-8-13-10-15(29)20(31-16(34)11-33-6-4-3-5-7-33)23(36)17(13)22(35)18(12)25(38)28(14,41)26(39)19(24(21)37)27(30)40/h10,12,14,20-21,23,35-36,39,41H,3-9,11H2,1-2H3,(H2,30,40)(H,31,34)/t12?,14?,20?,21-,23?,28-/m0/s1. The predicted octanol–water partition coefficient (Wildman–Crippen LogP) is -0.287. The van der Waals surface area contributed by atoms with Crippen LogP contribution in [0.4, 0.5) is 0 Å². The number of primary amides is 1. The Morgan fingerprint density at radius 1 is 1.17 bits per heavy atom. The van der Waals surface area contributed by atoms with Gasteiger partial charge in [-0.05, 0) is 70.4 Å². The number of halogens is 1. The lowest BCUT2D eigenvalue weighted by molar-refractivity contribution is -0.154. The second-order valence-corrected chi connectivity index (χ2v) is 12.2. The molecule has 4 aliphatic carbocycles. The Hall–Kier alpha value is -3.03. The Labute approximate surface area is 241 Å². The van der Waals surface area contributed by atoms with Gasteiger partial charge in [-0.15, -0.1) is 0 Å². The largest absolute Gasteiger partial charge is 0.508 e. The Morgan fingerprint density at radius 2 is 1.83 bits per heavy atom. The number of amides is 2. The summed E-state index contributed by atoms with van der Waals surface area (Å²) in [7, 11) is 3.08. The van der Waals surface area contributed by atoms with Crippen LogP contribution in [-0.4, -0.2) is 111 Å². The van der Waals surface area contributed by atoms with Gasteiger partial charge >= 0.3 is 0 Å². The molecule has 0 aromatic heterocycles. The van der Waals surface area contributed by atoms with E-state index in [-0.39, 0.29) is 41.5 Å². The van der Waals surface area contributed by atoms with Crippen LogP contribution in [-0.2, 0) is 19.2 Å². The third-order valence-electron chi connectivity index (χ3n) is 9.05. The minimum atomic E-state index is -2.71. The van der Waals surface area contributed by atoms with Gasteiger partial charge in [0.1, 0.15) is 23.2 Å². The lowest BCUT2D eigenvalue weighted by atomic mass is 9.57. The number of nitrogens with two attached hydrogens (primary N) is 1. The van der Waals surface area contributed by atoms with Crippen molar-refractivity contribution in [2.45, 2.75) is 55.9 Å². The van der Waals surface area contributed by atoms with Crippen LogP contribution in [0.5, 0.6) is 0 Å². The number of hydrogen-bond donors (Lipinski definition) is 6. The second kappa shape index (κ2) is 10.7. The molecule has 12 nitrogen and oxygen atoms in total. The predicted molar refractivity (Wildman–Crippen MR) is 146 cm³/mol. The first-order valence-corrected chi connectivity index (χ1v) is 14.1. The molecule has 5 aliphatic rings. The average molecular weight is 591 g/mol. The zero-order valence-corrected chi connectivity index (χ0v) is 23.6. The highest BCUT2D eigenvalue weighted by Gasteiger charge is 2.64. The molecule has 7 N–H and O–H groups in total. The SMILES string of the molecule is CN(C)[C@@H]1C(=O)C(C(N)=O)=C(O)[C@@]2(O)C(=O)C3=C(O)C4=C(C=C(Cl)C(NC(=O)CN5CCCCC5)C4O)CC3CC12. The summed E-state index contributed by atoms with van der Waals surface area (Å²) < 4.78 is 0. The molecule has 1 aliphatic heterocycles. The number of carbonyl (C=O) groups is 4. The van der Waals surface area contributed by atoms with E-state index in [1.165, 1.54) is 4.90 Å². The number of nitrogens with zero attached hydrogens (tertiary/aromatic N) is 2. The molecule has 13 heteroatoms. The smallest absolute Gasteiger partial charge is 0.255 e. The lowest BCUT2D eigenvalue weighted by Gasteiger charge is -2.50. The number of Topliss-reactive ketones (excluding diaryl/α,β-unsaturated/α-hetero) is 2. The van der Waals surface area contributed by atoms with E-state index >= 15 is 0 Å². The van der Waals surface area contributed by atoms with Crippen molar-refractivity contribution in [1.29, 1.82) is 0 Å². The molecule has 1 saturated heterocycles. The van der Waals surface area contributed by atoms with Gasteiger partial charge in [0.15, 0.2) is 11.4 Å². The van der Waals surface area contributed by atoms with Gasteiger partial charge in [0, 0.05) is 22.1 Å². The van der Waals surface area contributed by atoms with Crippen molar-refractivity contribution in [2.24, 2.45) is 17.6 Å².